The van der Waals surface area contributed by atoms with Crippen LogP contribution in [0.15, 0.2) is 0 Å². The van der Waals surface area contributed by atoms with Crippen molar-refractivity contribution in [1.82, 2.24) is 5.32 Å². The lowest BCUT2D eigenvalue weighted by atomic mass is 9.84. The van der Waals surface area contributed by atoms with Gasteiger partial charge < -0.3 is 15.2 Å². The van der Waals surface area contributed by atoms with Crippen LogP contribution in [0.4, 0.5) is 0 Å². The molecule has 0 spiro atoms. The molecule has 2 unspecified atom stereocenters. The van der Waals surface area contributed by atoms with E-state index in [0.29, 0.717) is 19.1 Å². The lowest BCUT2D eigenvalue weighted by Gasteiger charge is -2.32. The van der Waals surface area contributed by atoms with Crippen LogP contribution in [-0.2, 0) is 9.53 Å². The zero-order valence-electron chi connectivity index (χ0n) is 12.6. The molecule has 1 saturated carbocycles. The van der Waals surface area contributed by atoms with Gasteiger partial charge in [-0.3, -0.25) is 4.79 Å². The smallest absolute Gasteiger partial charge is 0.324 e. The highest BCUT2D eigenvalue weighted by atomic mass is 16.5. The van der Waals surface area contributed by atoms with E-state index >= 15 is 0 Å². The summed E-state index contributed by atoms with van der Waals surface area (Å²) in [6.07, 6.45) is 4.65. The number of ether oxygens (including phenoxy) is 1. The van der Waals surface area contributed by atoms with E-state index in [1.807, 2.05) is 6.92 Å². The van der Waals surface area contributed by atoms with E-state index in [4.69, 9.17) is 4.74 Å². The van der Waals surface area contributed by atoms with Crippen molar-refractivity contribution in [2.45, 2.75) is 58.4 Å². The molecular weight excluding hydrogens is 242 g/mol. The summed E-state index contributed by atoms with van der Waals surface area (Å²) < 4.78 is 5.64. The molecule has 4 nitrogen and oxygen atoms in total. The van der Waals surface area contributed by atoms with Crippen LogP contribution in [0.25, 0.3) is 0 Å². The molecule has 0 heterocycles. The first kappa shape index (κ1) is 16.4. The summed E-state index contributed by atoms with van der Waals surface area (Å²) in [5.41, 5.74) is -0.712. The molecule has 1 fully saturated rings. The number of likely N-dealkylation sites (N-methyl/N-ethyl adjacent to an activating group) is 1. The van der Waals surface area contributed by atoms with Gasteiger partial charge >= 0.3 is 5.97 Å². The maximum atomic E-state index is 11.6. The van der Waals surface area contributed by atoms with Gasteiger partial charge in [-0.2, -0.15) is 0 Å². The molecule has 0 radical (unpaired) electrons. The fourth-order valence-corrected chi connectivity index (χ4v) is 3.02. The fourth-order valence-electron chi connectivity index (χ4n) is 3.02. The normalized spacial score (nSPS) is 27.1. The molecular formula is C15H29NO3. The highest BCUT2D eigenvalue weighted by Crippen LogP contribution is 2.38. The van der Waals surface area contributed by atoms with Crippen LogP contribution >= 0.6 is 0 Å². The van der Waals surface area contributed by atoms with Gasteiger partial charge in [-0.15, -0.1) is 0 Å². The molecule has 0 aromatic carbocycles. The molecule has 0 amide bonds. The minimum absolute atomic E-state index is 0.198. The minimum atomic E-state index is -0.712. The lowest BCUT2D eigenvalue weighted by Crippen LogP contribution is -2.54. The number of rotatable bonds is 9. The van der Waals surface area contributed by atoms with E-state index in [1.165, 1.54) is 0 Å². The molecule has 1 aliphatic carbocycles. The Balaban J connectivity index is 2.40. The van der Waals surface area contributed by atoms with Gasteiger partial charge in [0.1, 0.15) is 5.54 Å². The SMILES string of the molecule is CCNC1(C(=O)O)CCCC1CCOCCC(C)C. The molecule has 19 heavy (non-hydrogen) atoms. The van der Waals surface area contributed by atoms with Crippen LogP contribution in [-0.4, -0.2) is 36.4 Å². The highest BCUT2D eigenvalue weighted by Gasteiger charge is 2.48. The largest absolute Gasteiger partial charge is 0.480 e. The van der Waals surface area contributed by atoms with E-state index in [-0.39, 0.29) is 5.92 Å². The Hall–Kier alpha value is -0.610. The molecule has 1 rings (SSSR count). The molecule has 0 bridgehead atoms. The second kappa shape index (κ2) is 7.85. The maximum Gasteiger partial charge on any atom is 0.324 e. The predicted octanol–water partition coefficient (Wildman–Crippen LogP) is 2.67. The molecule has 2 atom stereocenters. The highest BCUT2D eigenvalue weighted by molar-refractivity contribution is 5.79. The molecule has 0 aromatic rings. The third-order valence-corrected chi connectivity index (χ3v) is 4.14. The monoisotopic (exact) mass is 271 g/mol. The molecule has 112 valence electrons. The summed E-state index contributed by atoms with van der Waals surface area (Å²) in [7, 11) is 0. The van der Waals surface area contributed by atoms with Crippen molar-refractivity contribution in [1.29, 1.82) is 0 Å². The van der Waals surface area contributed by atoms with Crippen LogP contribution in [0.2, 0.25) is 0 Å². The van der Waals surface area contributed by atoms with Crippen LogP contribution in [0.1, 0.15) is 52.9 Å². The summed E-state index contributed by atoms with van der Waals surface area (Å²) >= 11 is 0. The van der Waals surface area contributed by atoms with Gasteiger partial charge in [0, 0.05) is 13.2 Å². The quantitative estimate of drug-likeness (QED) is 0.633. The average molecular weight is 271 g/mol. The Morgan fingerprint density at radius 2 is 2.21 bits per heavy atom. The fraction of sp³-hybridized carbons (Fsp3) is 0.933. The van der Waals surface area contributed by atoms with Crippen LogP contribution in [0, 0.1) is 11.8 Å². The Labute approximate surface area is 116 Å². The summed E-state index contributed by atoms with van der Waals surface area (Å²) in [6.45, 7) is 8.50. The average Bonchev–Trinajstić information content (AvgIpc) is 2.73. The summed E-state index contributed by atoms with van der Waals surface area (Å²) in [5.74, 6) is 0.161. The van der Waals surface area contributed by atoms with Crippen molar-refractivity contribution in [3.8, 4) is 0 Å². The number of aliphatic carboxylic acids is 1. The number of hydrogen-bond donors (Lipinski definition) is 2. The van der Waals surface area contributed by atoms with Gasteiger partial charge in [0.05, 0.1) is 0 Å². The summed E-state index contributed by atoms with van der Waals surface area (Å²) in [4.78, 5) is 11.6. The van der Waals surface area contributed by atoms with Crippen molar-refractivity contribution < 1.29 is 14.6 Å². The van der Waals surface area contributed by atoms with Gasteiger partial charge in [0.2, 0.25) is 0 Å². The standard InChI is InChI=1S/C15H29NO3/c1-4-16-15(14(17)18)9-5-6-13(15)8-11-19-10-7-12(2)3/h12-13,16H,4-11H2,1-3H3,(H,17,18). The molecule has 0 aromatic heterocycles. The van der Waals surface area contributed by atoms with E-state index in [1.54, 1.807) is 0 Å². The first-order valence-electron chi connectivity index (χ1n) is 7.59. The maximum absolute atomic E-state index is 11.6. The Morgan fingerprint density at radius 1 is 1.47 bits per heavy atom. The molecule has 0 saturated heterocycles. The van der Waals surface area contributed by atoms with Crippen molar-refractivity contribution in [3.05, 3.63) is 0 Å². The molecule has 0 aliphatic heterocycles. The number of nitrogens with one attached hydrogen (secondary N) is 1. The Morgan fingerprint density at radius 3 is 2.79 bits per heavy atom. The summed E-state index contributed by atoms with van der Waals surface area (Å²) in [5, 5.41) is 12.7. The molecule has 1 aliphatic rings. The molecule has 4 heteroatoms. The van der Waals surface area contributed by atoms with Crippen molar-refractivity contribution in [2.75, 3.05) is 19.8 Å². The van der Waals surface area contributed by atoms with Gasteiger partial charge in [0.15, 0.2) is 0 Å². The van der Waals surface area contributed by atoms with Gasteiger partial charge in [-0.25, -0.2) is 0 Å². The minimum Gasteiger partial charge on any atom is -0.480 e. The summed E-state index contributed by atoms with van der Waals surface area (Å²) in [6, 6.07) is 0. The zero-order chi connectivity index (χ0) is 14.3. The van der Waals surface area contributed by atoms with Crippen molar-refractivity contribution in [3.63, 3.8) is 0 Å². The number of hydrogen-bond acceptors (Lipinski definition) is 3. The third kappa shape index (κ3) is 4.46. The number of carboxylic acids is 1. The van der Waals surface area contributed by atoms with E-state index in [0.717, 1.165) is 38.7 Å². The van der Waals surface area contributed by atoms with Crippen LogP contribution in [0.5, 0.6) is 0 Å². The molecule has 2 N–H and O–H groups in total. The predicted molar refractivity (Wildman–Crippen MR) is 76.3 cm³/mol. The van der Waals surface area contributed by atoms with E-state index in [9.17, 15) is 9.90 Å². The van der Waals surface area contributed by atoms with Crippen molar-refractivity contribution >= 4 is 5.97 Å². The van der Waals surface area contributed by atoms with Gasteiger partial charge in [-0.1, -0.05) is 27.2 Å². The lowest BCUT2D eigenvalue weighted by molar-refractivity contribution is -0.146. The van der Waals surface area contributed by atoms with Gasteiger partial charge in [-0.05, 0) is 44.1 Å². The number of carboxylic acid groups (broad SMARTS) is 1. The van der Waals surface area contributed by atoms with Gasteiger partial charge in [0.25, 0.3) is 0 Å². The Kier molecular flexibility index (Phi) is 6.80. The van der Waals surface area contributed by atoms with Crippen LogP contribution < -0.4 is 5.32 Å². The van der Waals surface area contributed by atoms with Crippen molar-refractivity contribution in [2.24, 2.45) is 11.8 Å². The van der Waals surface area contributed by atoms with E-state index in [2.05, 4.69) is 19.2 Å². The second-order valence-electron chi connectivity index (χ2n) is 5.98. The first-order valence-corrected chi connectivity index (χ1v) is 7.59. The topological polar surface area (TPSA) is 58.6 Å². The van der Waals surface area contributed by atoms with E-state index < -0.39 is 11.5 Å². The third-order valence-electron chi connectivity index (χ3n) is 4.14. The Bertz CT molecular complexity index is 281. The second-order valence-corrected chi connectivity index (χ2v) is 5.98. The number of carbonyl (C=O) groups is 1. The first-order chi connectivity index (χ1) is 9.03. The van der Waals surface area contributed by atoms with Crippen LogP contribution in [0.3, 0.4) is 0 Å². The zero-order valence-corrected chi connectivity index (χ0v) is 12.6.